The predicted octanol–water partition coefficient (Wildman–Crippen LogP) is 3.02. The van der Waals surface area contributed by atoms with Crippen molar-refractivity contribution in [2.45, 2.75) is 83.2 Å². The van der Waals surface area contributed by atoms with Crippen LogP contribution in [0, 0.1) is 11.8 Å². The molecule has 0 aromatic rings. The maximum Gasteiger partial charge on any atom is 0.152 e. The molecule has 0 radical (unpaired) electrons. The van der Waals surface area contributed by atoms with E-state index in [1.807, 2.05) is 0 Å². The molecule has 3 heteroatoms. The number of Topliss-reactive ketones (excluding diaryl/α,β-unsaturated/α-hetero) is 1. The quantitative estimate of drug-likeness (QED) is 0.778. The highest BCUT2D eigenvalue weighted by Crippen LogP contribution is 2.31. The molecule has 2 aliphatic rings. The molecule has 20 heavy (non-hydrogen) atoms. The fraction of sp³-hybridized carbons (Fsp3) is 0.941. The number of rotatable bonds is 4. The first-order valence-electron chi connectivity index (χ1n) is 8.72. The highest BCUT2D eigenvalue weighted by atomic mass is 16.1. The molecular formula is C17H32N2O. The van der Waals surface area contributed by atoms with E-state index in [-0.39, 0.29) is 6.04 Å². The third-order valence-electron chi connectivity index (χ3n) is 5.30. The van der Waals surface area contributed by atoms with Crippen LogP contribution in [0.1, 0.15) is 71.1 Å². The zero-order valence-electron chi connectivity index (χ0n) is 13.1. The monoisotopic (exact) mass is 280 g/mol. The van der Waals surface area contributed by atoms with Gasteiger partial charge < -0.3 is 11.1 Å². The lowest BCUT2D eigenvalue weighted by Gasteiger charge is -2.39. The molecule has 0 aromatic heterocycles. The summed E-state index contributed by atoms with van der Waals surface area (Å²) in [5.41, 5.74) is 5.57. The number of piperidine rings is 1. The first-order valence-corrected chi connectivity index (χ1v) is 8.72. The van der Waals surface area contributed by atoms with Crippen molar-refractivity contribution in [1.82, 2.24) is 5.32 Å². The number of unbranched alkanes of at least 4 members (excludes halogenated alkanes) is 1. The minimum Gasteiger partial charge on any atom is -0.330 e. The van der Waals surface area contributed by atoms with Gasteiger partial charge in [0.15, 0.2) is 5.78 Å². The summed E-state index contributed by atoms with van der Waals surface area (Å²) in [4.78, 5) is 12.6. The molecular weight excluding hydrogens is 248 g/mol. The summed E-state index contributed by atoms with van der Waals surface area (Å²) in [7, 11) is 0. The summed E-state index contributed by atoms with van der Waals surface area (Å²) in [5.74, 6) is 1.52. The van der Waals surface area contributed by atoms with Gasteiger partial charge in [-0.2, -0.15) is 0 Å². The Kier molecular flexibility index (Phi) is 6.50. The van der Waals surface area contributed by atoms with Gasteiger partial charge in [0.05, 0.1) is 6.04 Å². The van der Waals surface area contributed by atoms with Crippen molar-refractivity contribution in [2.24, 2.45) is 17.6 Å². The van der Waals surface area contributed by atoms with Crippen LogP contribution in [0.15, 0.2) is 0 Å². The second-order valence-corrected chi connectivity index (χ2v) is 6.91. The highest BCUT2D eigenvalue weighted by Gasteiger charge is 2.37. The van der Waals surface area contributed by atoms with Crippen LogP contribution in [0.2, 0.25) is 0 Å². The molecule has 1 aliphatic heterocycles. The molecule has 1 aliphatic carbocycles. The molecule has 2 rings (SSSR count). The first-order chi connectivity index (χ1) is 9.72. The Morgan fingerprint density at radius 1 is 1.15 bits per heavy atom. The molecule has 1 heterocycles. The van der Waals surface area contributed by atoms with Crippen molar-refractivity contribution in [3.8, 4) is 0 Å². The highest BCUT2D eigenvalue weighted by molar-refractivity contribution is 5.87. The van der Waals surface area contributed by atoms with Crippen LogP contribution in [0.4, 0.5) is 0 Å². The number of fused-ring (bicyclic) bond motifs is 2. The number of nitrogens with two attached hydrogens (primary N) is 1. The number of hydrogen-bond donors (Lipinski definition) is 2. The van der Waals surface area contributed by atoms with Gasteiger partial charge in [0.25, 0.3) is 0 Å². The number of carbonyl (C=O) groups excluding carboxylic acids is 1. The van der Waals surface area contributed by atoms with Crippen LogP contribution in [0.25, 0.3) is 0 Å². The van der Waals surface area contributed by atoms with Crippen molar-refractivity contribution in [2.75, 3.05) is 6.54 Å². The lowest BCUT2D eigenvalue weighted by molar-refractivity contribution is -0.128. The molecule has 2 bridgehead atoms. The number of hydrogen-bond acceptors (Lipinski definition) is 3. The van der Waals surface area contributed by atoms with Gasteiger partial charge >= 0.3 is 0 Å². The fourth-order valence-corrected chi connectivity index (χ4v) is 3.90. The van der Waals surface area contributed by atoms with Gasteiger partial charge in [-0.05, 0) is 44.6 Å². The van der Waals surface area contributed by atoms with E-state index >= 15 is 0 Å². The van der Waals surface area contributed by atoms with E-state index in [9.17, 15) is 4.79 Å². The Morgan fingerprint density at radius 2 is 1.90 bits per heavy atom. The summed E-state index contributed by atoms with van der Waals surface area (Å²) in [6.45, 7) is 3.10. The second kappa shape index (κ2) is 8.14. The van der Waals surface area contributed by atoms with Crippen LogP contribution in [-0.2, 0) is 4.79 Å². The standard InChI is InChI=1S/C17H32N2O/c1-13-8-4-2-3-5-9-14-12-16(13)19-15(17(14)20)10-6-7-11-18/h13-16,19H,2-12,18H2,1H3. The fourth-order valence-electron chi connectivity index (χ4n) is 3.90. The Morgan fingerprint density at radius 3 is 2.65 bits per heavy atom. The smallest absolute Gasteiger partial charge is 0.152 e. The maximum atomic E-state index is 12.6. The average Bonchev–Trinajstić information content (AvgIpc) is 2.45. The summed E-state index contributed by atoms with van der Waals surface area (Å²) < 4.78 is 0. The summed E-state index contributed by atoms with van der Waals surface area (Å²) in [6.07, 6.45) is 11.9. The maximum absolute atomic E-state index is 12.6. The summed E-state index contributed by atoms with van der Waals surface area (Å²) >= 11 is 0. The molecule has 3 nitrogen and oxygen atoms in total. The van der Waals surface area contributed by atoms with E-state index in [2.05, 4.69) is 12.2 Å². The third-order valence-corrected chi connectivity index (χ3v) is 5.30. The van der Waals surface area contributed by atoms with Gasteiger partial charge in [-0.3, -0.25) is 4.79 Å². The van der Waals surface area contributed by atoms with E-state index in [1.54, 1.807) is 0 Å². The van der Waals surface area contributed by atoms with Crippen molar-refractivity contribution in [1.29, 1.82) is 0 Å². The molecule has 116 valence electrons. The van der Waals surface area contributed by atoms with Gasteiger partial charge in [-0.1, -0.05) is 39.0 Å². The van der Waals surface area contributed by atoms with Crippen LogP contribution in [0.5, 0.6) is 0 Å². The largest absolute Gasteiger partial charge is 0.330 e. The Bertz CT molecular complexity index is 305. The molecule has 0 amide bonds. The van der Waals surface area contributed by atoms with Crippen LogP contribution in [-0.4, -0.2) is 24.4 Å². The predicted molar refractivity (Wildman–Crippen MR) is 83.6 cm³/mol. The number of carbonyl (C=O) groups is 1. The van der Waals surface area contributed by atoms with Crippen molar-refractivity contribution in [3.63, 3.8) is 0 Å². The van der Waals surface area contributed by atoms with E-state index in [4.69, 9.17) is 5.73 Å². The van der Waals surface area contributed by atoms with Gasteiger partial charge in [0.2, 0.25) is 0 Å². The van der Waals surface area contributed by atoms with E-state index < -0.39 is 0 Å². The average molecular weight is 280 g/mol. The topological polar surface area (TPSA) is 55.1 Å². The van der Waals surface area contributed by atoms with Gasteiger partial charge in [-0.15, -0.1) is 0 Å². The molecule has 1 saturated heterocycles. The van der Waals surface area contributed by atoms with E-state index in [1.165, 1.54) is 32.1 Å². The normalized spacial score (nSPS) is 35.8. The second-order valence-electron chi connectivity index (χ2n) is 6.91. The van der Waals surface area contributed by atoms with Gasteiger partial charge in [-0.25, -0.2) is 0 Å². The van der Waals surface area contributed by atoms with E-state index in [0.717, 1.165) is 38.6 Å². The molecule has 1 saturated carbocycles. The van der Waals surface area contributed by atoms with Crippen molar-refractivity contribution < 1.29 is 4.79 Å². The molecule has 4 atom stereocenters. The van der Waals surface area contributed by atoms with E-state index in [0.29, 0.717) is 23.7 Å². The van der Waals surface area contributed by atoms with Gasteiger partial charge in [0.1, 0.15) is 0 Å². The van der Waals surface area contributed by atoms with Crippen LogP contribution >= 0.6 is 0 Å². The molecule has 2 fully saturated rings. The van der Waals surface area contributed by atoms with Crippen molar-refractivity contribution >= 4 is 5.78 Å². The summed E-state index contributed by atoms with van der Waals surface area (Å²) in [5, 5.41) is 3.67. The lowest BCUT2D eigenvalue weighted by atomic mass is 9.76. The number of nitrogens with one attached hydrogen (secondary N) is 1. The zero-order chi connectivity index (χ0) is 14.4. The SMILES string of the molecule is CC1CCCCCCC2CC1NC(CCCCN)C2=O. The molecule has 3 N–H and O–H groups in total. The zero-order valence-corrected chi connectivity index (χ0v) is 13.1. The molecule has 4 unspecified atom stereocenters. The minimum absolute atomic E-state index is 0.104. The third kappa shape index (κ3) is 4.29. The van der Waals surface area contributed by atoms with Crippen LogP contribution < -0.4 is 11.1 Å². The van der Waals surface area contributed by atoms with Crippen LogP contribution in [0.3, 0.4) is 0 Å². The minimum atomic E-state index is 0.104. The Hall–Kier alpha value is -0.410. The lowest BCUT2D eigenvalue weighted by Crippen LogP contribution is -2.54. The number of ketones is 1. The summed E-state index contributed by atoms with van der Waals surface area (Å²) in [6, 6.07) is 0.658. The molecule has 0 spiro atoms. The van der Waals surface area contributed by atoms with Gasteiger partial charge in [0, 0.05) is 12.0 Å². The Balaban J connectivity index is 1.98. The first kappa shape index (κ1) is 16.0. The Labute approximate surface area is 124 Å². The molecule has 0 aromatic carbocycles. The van der Waals surface area contributed by atoms with Crippen molar-refractivity contribution in [3.05, 3.63) is 0 Å².